The van der Waals surface area contributed by atoms with E-state index in [-0.39, 0.29) is 17.9 Å². The maximum atomic E-state index is 13.4. The van der Waals surface area contributed by atoms with Crippen molar-refractivity contribution in [2.24, 2.45) is 0 Å². The number of carbonyl (C=O) groups excluding carboxylic acids is 1. The molecule has 0 bridgehead atoms. The molecule has 6 heteroatoms. The fourth-order valence-corrected chi connectivity index (χ4v) is 2.42. The summed E-state index contributed by atoms with van der Waals surface area (Å²) in [5.41, 5.74) is -0.241. The van der Waals surface area contributed by atoms with E-state index >= 15 is 0 Å². The maximum Gasteiger partial charge on any atom is 0.181 e. The standard InChI is InChI=1S/C12H14F2O3S/c1-8(18(16)6-5-17-2)12(15)10-4-3-9(13)7-11(10)14/h3-4,7-8H,5-6H2,1-2H3. The molecule has 0 aliphatic heterocycles. The van der Waals surface area contributed by atoms with E-state index in [1.165, 1.54) is 14.0 Å². The van der Waals surface area contributed by atoms with Gasteiger partial charge in [0.1, 0.15) is 11.6 Å². The van der Waals surface area contributed by atoms with Crippen LogP contribution >= 0.6 is 0 Å². The summed E-state index contributed by atoms with van der Waals surface area (Å²) in [7, 11) is 0.0178. The Kier molecular flexibility index (Phi) is 5.55. The van der Waals surface area contributed by atoms with Gasteiger partial charge in [-0.2, -0.15) is 0 Å². The molecule has 18 heavy (non-hydrogen) atoms. The molecule has 0 radical (unpaired) electrons. The molecule has 0 fully saturated rings. The first kappa shape index (κ1) is 14.9. The van der Waals surface area contributed by atoms with E-state index in [2.05, 4.69) is 0 Å². The van der Waals surface area contributed by atoms with Crippen LogP contribution in [-0.4, -0.2) is 34.7 Å². The number of halogens is 2. The minimum atomic E-state index is -1.44. The van der Waals surface area contributed by atoms with E-state index in [9.17, 15) is 17.8 Å². The molecule has 0 aromatic heterocycles. The zero-order chi connectivity index (χ0) is 13.7. The molecule has 0 aliphatic rings. The minimum absolute atomic E-state index is 0.201. The summed E-state index contributed by atoms with van der Waals surface area (Å²) in [6, 6.07) is 2.70. The number of rotatable bonds is 6. The Morgan fingerprint density at radius 3 is 2.67 bits per heavy atom. The fourth-order valence-electron chi connectivity index (χ4n) is 1.37. The third kappa shape index (κ3) is 3.68. The van der Waals surface area contributed by atoms with E-state index in [4.69, 9.17) is 4.74 Å². The van der Waals surface area contributed by atoms with Crippen LogP contribution in [0.4, 0.5) is 8.78 Å². The molecule has 1 aromatic carbocycles. The monoisotopic (exact) mass is 276 g/mol. The van der Waals surface area contributed by atoms with Crippen LogP contribution in [0, 0.1) is 11.6 Å². The van der Waals surface area contributed by atoms with Crippen LogP contribution < -0.4 is 0 Å². The fraction of sp³-hybridized carbons (Fsp3) is 0.417. The lowest BCUT2D eigenvalue weighted by Crippen LogP contribution is -2.26. The van der Waals surface area contributed by atoms with Gasteiger partial charge in [0.15, 0.2) is 5.78 Å². The molecular weight excluding hydrogens is 262 g/mol. The maximum absolute atomic E-state index is 13.4. The molecule has 1 aromatic rings. The molecule has 1 rings (SSSR count). The van der Waals surface area contributed by atoms with Gasteiger partial charge < -0.3 is 4.74 Å². The van der Waals surface area contributed by atoms with E-state index in [0.717, 1.165) is 12.1 Å². The number of ether oxygens (including phenoxy) is 1. The SMILES string of the molecule is COCCS(=O)C(C)C(=O)c1ccc(F)cc1F. The number of methoxy groups -OCH3 is 1. The number of hydrogen-bond acceptors (Lipinski definition) is 3. The van der Waals surface area contributed by atoms with E-state index in [1.807, 2.05) is 0 Å². The van der Waals surface area contributed by atoms with Gasteiger partial charge in [-0.05, 0) is 19.1 Å². The van der Waals surface area contributed by atoms with E-state index in [0.29, 0.717) is 6.07 Å². The molecule has 0 saturated heterocycles. The predicted octanol–water partition coefficient (Wildman–Crippen LogP) is 1.93. The molecular formula is C12H14F2O3S. The number of hydrogen-bond donors (Lipinski definition) is 0. The Morgan fingerprint density at radius 1 is 1.44 bits per heavy atom. The van der Waals surface area contributed by atoms with Crippen LogP contribution in [0.2, 0.25) is 0 Å². The predicted molar refractivity (Wildman–Crippen MR) is 65.0 cm³/mol. The third-order valence-electron chi connectivity index (χ3n) is 2.45. The lowest BCUT2D eigenvalue weighted by atomic mass is 10.1. The Hall–Kier alpha value is -1.14. The van der Waals surface area contributed by atoms with Gasteiger partial charge in [-0.15, -0.1) is 0 Å². The van der Waals surface area contributed by atoms with Gasteiger partial charge in [0.25, 0.3) is 0 Å². The van der Waals surface area contributed by atoms with Gasteiger partial charge in [-0.25, -0.2) is 8.78 Å². The molecule has 2 unspecified atom stereocenters. The van der Waals surface area contributed by atoms with Crippen molar-refractivity contribution in [1.82, 2.24) is 0 Å². The van der Waals surface area contributed by atoms with Crippen molar-refractivity contribution in [2.75, 3.05) is 19.5 Å². The Morgan fingerprint density at radius 2 is 2.11 bits per heavy atom. The van der Waals surface area contributed by atoms with Crippen molar-refractivity contribution in [3.05, 3.63) is 35.4 Å². The van der Waals surface area contributed by atoms with Gasteiger partial charge in [0.2, 0.25) is 0 Å². The molecule has 2 atom stereocenters. The number of Topliss-reactive ketones (excluding diaryl/α,β-unsaturated/α-hetero) is 1. The first-order valence-corrected chi connectivity index (χ1v) is 6.71. The number of ketones is 1. The normalized spacial score (nSPS) is 14.2. The van der Waals surface area contributed by atoms with Crippen molar-refractivity contribution >= 4 is 16.6 Å². The summed E-state index contributed by atoms with van der Waals surface area (Å²) < 4.78 is 42.6. The summed E-state index contributed by atoms with van der Waals surface area (Å²) in [6.45, 7) is 1.72. The molecule has 0 amide bonds. The highest BCUT2D eigenvalue weighted by molar-refractivity contribution is 7.86. The van der Waals surface area contributed by atoms with Crippen molar-refractivity contribution in [2.45, 2.75) is 12.2 Å². The van der Waals surface area contributed by atoms with Gasteiger partial charge >= 0.3 is 0 Å². The third-order valence-corrected chi connectivity index (χ3v) is 4.02. The molecule has 3 nitrogen and oxygen atoms in total. The summed E-state index contributed by atoms with van der Waals surface area (Å²) in [5, 5.41) is -0.847. The Bertz CT molecular complexity index is 463. The van der Waals surface area contributed by atoms with Crippen LogP contribution in [0.1, 0.15) is 17.3 Å². The Labute approximate surface area is 107 Å². The Balaban J connectivity index is 2.83. The smallest absolute Gasteiger partial charge is 0.181 e. The zero-order valence-corrected chi connectivity index (χ0v) is 10.9. The second-order valence-corrected chi connectivity index (χ2v) is 5.59. The van der Waals surface area contributed by atoms with Crippen LogP contribution in [-0.2, 0) is 15.5 Å². The topological polar surface area (TPSA) is 43.4 Å². The van der Waals surface area contributed by atoms with Crippen molar-refractivity contribution < 1.29 is 22.5 Å². The second-order valence-electron chi connectivity index (χ2n) is 3.71. The van der Waals surface area contributed by atoms with Gasteiger partial charge in [0, 0.05) is 29.7 Å². The largest absolute Gasteiger partial charge is 0.384 e. The van der Waals surface area contributed by atoms with Crippen LogP contribution in [0.15, 0.2) is 18.2 Å². The summed E-state index contributed by atoms with van der Waals surface area (Å²) in [6.07, 6.45) is 0. The highest BCUT2D eigenvalue weighted by Crippen LogP contribution is 2.14. The zero-order valence-electron chi connectivity index (χ0n) is 10.1. The highest BCUT2D eigenvalue weighted by atomic mass is 32.2. The molecule has 0 spiro atoms. The first-order valence-electron chi connectivity index (χ1n) is 5.32. The van der Waals surface area contributed by atoms with E-state index in [1.54, 1.807) is 0 Å². The average molecular weight is 276 g/mol. The molecule has 0 N–H and O–H groups in total. The minimum Gasteiger partial charge on any atom is -0.384 e. The van der Waals surface area contributed by atoms with Crippen LogP contribution in [0.25, 0.3) is 0 Å². The molecule has 0 aliphatic carbocycles. The summed E-state index contributed by atoms with van der Waals surface area (Å²) >= 11 is 0. The van der Waals surface area contributed by atoms with Crippen molar-refractivity contribution in [1.29, 1.82) is 0 Å². The van der Waals surface area contributed by atoms with Gasteiger partial charge in [0.05, 0.1) is 17.4 Å². The molecule has 100 valence electrons. The summed E-state index contributed by atoms with van der Waals surface area (Å²) in [5.74, 6) is -2.08. The molecule has 0 heterocycles. The second kappa shape index (κ2) is 6.70. The number of benzene rings is 1. The van der Waals surface area contributed by atoms with E-state index < -0.39 is 33.5 Å². The van der Waals surface area contributed by atoms with Crippen LogP contribution in [0.3, 0.4) is 0 Å². The van der Waals surface area contributed by atoms with Gasteiger partial charge in [-0.1, -0.05) is 0 Å². The average Bonchev–Trinajstić information content (AvgIpc) is 2.34. The quantitative estimate of drug-likeness (QED) is 0.746. The lowest BCUT2D eigenvalue weighted by molar-refractivity contribution is 0.0988. The van der Waals surface area contributed by atoms with Crippen molar-refractivity contribution in [3.63, 3.8) is 0 Å². The summed E-state index contributed by atoms with van der Waals surface area (Å²) in [4.78, 5) is 11.9. The van der Waals surface area contributed by atoms with Gasteiger partial charge in [-0.3, -0.25) is 9.00 Å². The highest BCUT2D eigenvalue weighted by Gasteiger charge is 2.23. The number of carbonyl (C=O) groups is 1. The molecule has 0 saturated carbocycles. The van der Waals surface area contributed by atoms with Crippen molar-refractivity contribution in [3.8, 4) is 0 Å². The first-order chi connectivity index (χ1) is 8.47. The lowest BCUT2D eigenvalue weighted by Gasteiger charge is -2.10. The van der Waals surface area contributed by atoms with Crippen LogP contribution in [0.5, 0.6) is 0 Å².